The molecule has 32 heavy (non-hydrogen) atoms. The van der Waals surface area contributed by atoms with E-state index >= 15 is 0 Å². The molecular weight excluding hydrogens is 424 g/mol. The predicted octanol–water partition coefficient (Wildman–Crippen LogP) is 4.29. The molecule has 166 valence electrons. The summed E-state index contributed by atoms with van der Waals surface area (Å²) in [6.07, 6.45) is 7.47. The second-order valence-electron chi connectivity index (χ2n) is 7.30. The van der Waals surface area contributed by atoms with Crippen molar-refractivity contribution in [2.45, 2.75) is 30.6 Å². The lowest BCUT2D eigenvalue weighted by Gasteiger charge is -2.10. The third-order valence-corrected chi connectivity index (χ3v) is 6.42. The Morgan fingerprint density at radius 3 is 2.38 bits per heavy atom. The highest BCUT2D eigenvalue weighted by Gasteiger charge is 2.12. The number of unbranched alkanes of at least 4 members (excludes halogenated alkanes) is 1. The topological polar surface area (TPSA) is 96.4 Å². The first kappa shape index (κ1) is 23.4. The molecule has 2 N–H and O–H groups in total. The SMILES string of the molecule is O=C(O)CCC/C=C(\c1ccc(CCNS(=O)(=O)c2ccccc2)cc1)c1cccnc1. The van der Waals surface area contributed by atoms with Gasteiger partial charge in [-0.3, -0.25) is 9.78 Å². The minimum atomic E-state index is -3.51. The molecule has 0 amide bonds. The largest absolute Gasteiger partial charge is 0.481 e. The van der Waals surface area contributed by atoms with E-state index in [0.29, 0.717) is 25.8 Å². The average molecular weight is 451 g/mol. The van der Waals surface area contributed by atoms with Crippen LogP contribution in [0.3, 0.4) is 0 Å². The van der Waals surface area contributed by atoms with Gasteiger partial charge in [0.1, 0.15) is 0 Å². The van der Waals surface area contributed by atoms with Crippen LogP contribution >= 0.6 is 0 Å². The fourth-order valence-electron chi connectivity index (χ4n) is 3.29. The van der Waals surface area contributed by atoms with Crippen molar-refractivity contribution in [3.05, 3.63) is 102 Å². The Hall–Kier alpha value is -3.29. The minimum Gasteiger partial charge on any atom is -0.481 e. The van der Waals surface area contributed by atoms with Crippen LogP contribution in [0.1, 0.15) is 36.0 Å². The molecule has 6 nitrogen and oxygen atoms in total. The van der Waals surface area contributed by atoms with E-state index in [1.54, 1.807) is 42.7 Å². The molecule has 0 saturated carbocycles. The van der Waals surface area contributed by atoms with Gasteiger partial charge in [0.25, 0.3) is 0 Å². The number of nitrogens with zero attached hydrogens (tertiary/aromatic N) is 1. The summed E-state index contributed by atoms with van der Waals surface area (Å²) >= 11 is 0. The molecule has 0 spiro atoms. The summed E-state index contributed by atoms with van der Waals surface area (Å²) in [5.41, 5.74) is 3.98. The number of hydrogen-bond acceptors (Lipinski definition) is 4. The molecule has 0 aliphatic heterocycles. The van der Waals surface area contributed by atoms with Gasteiger partial charge in [-0.15, -0.1) is 0 Å². The number of aromatic nitrogens is 1. The van der Waals surface area contributed by atoms with E-state index in [4.69, 9.17) is 5.11 Å². The average Bonchev–Trinajstić information content (AvgIpc) is 2.81. The number of benzene rings is 2. The number of carbonyl (C=O) groups is 1. The second-order valence-corrected chi connectivity index (χ2v) is 9.07. The summed E-state index contributed by atoms with van der Waals surface area (Å²) in [7, 11) is -3.51. The number of allylic oxidation sites excluding steroid dienone is 1. The molecule has 3 rings (SSSR count). The normalized spacial score (nSPS) is 11.9. The maximum absolute atomic E-state index is 12.3. The van der Waals surface area contributed by atoms with Crippen molar-refractivity contribution in [3.8, 4) is 0 Å². The molecule has 0 saturated heterocycles. The Balaban J connectivity index is 1.66. The van der Waals surface area contributed by atoms with E-state index in [9.17, 15) is 13.2 Å². The third kappa shape index (κ3) is 6.87. The Bertz CT molecular complexity index is 1140. The number of hydrogen-bond donors (Lipinski definition) is 2. The lowest BCUT2D eigenvalue weighted by molar-refractivity contribution is -0.137. The predicted molar refractivity (Wildman–Crippen MR) is 125 cm³/mol. The molecule has 1 heterocycles. The first-order valence-electron chi connectivity index (χ1n) is 10.4. The smallest absolute Gasteiger partial charge is 0.303 e. The van der Waals surface area contributed by atoms with Gasteiger partial charge >= 0.3 is 5.97 Å². The van der Waals surface area contributed by atoms with Crippen molar-refractivity contribution in [2.24, 2.45) is 0 Å². The molecule has 0 fully saturated rings. The molecular formula is C25H26N2O4S. The number of sulfonamides is 1. The van der Waals surface area contributed by atoms with Gasteiger partial charge in [-0.2, -0.15) is 0 Å². The van der Waals surface area contributed by atoms with Gasteiger partial charge in [0.05, 0.1) is 4.90 Å². The minimum absolute atomic E-state index is 0.134. The maximum Gasteiger partial charge on any atom is 0.303 e. The zero-order valence-corrected chi connectivity index (χ0v) is 18.5. The molecule has 0 aliphatic rings. The third-order valence-electron chi connectivity index (χ3n) is 4.94. The van der Waals surface area contributed by atoms with Gasteiger partial charge in [-0.05, 0) is 54.2 Å². The second kappa shape index (κ2) is 11.4. The Morgan fingerprint density at radius 1 is 0.969 bits per heavy atom. The molecule has 0 aliphatic carbocycles. The van der Waals surface area contributed by atoms with Crippen LogP contribution in [-0.2, 0) is 21.2 Å². The highest BCUT2D eigenvalue weighted by atomic mass is 32.2. The van der Waals surface area contributed by atoms with E-state index in [0.717, 1.165) is 22.3 Å². The van der Waals surface area contributed by atoms with E-state index in [1.807, 2.05) is 42.5 Å². The van der Waals surface area contributed by atoms with Crippen molar-refractivity contribution < 1.29 is 18.3 Å². The lowest BCUT2D eigenvalue weighted by atomic mass is 9.96. The van der Waals surface area contributed by atoms with Gasteiger partial charge in [0.15, 0.2) is 0 Å². The number of carboxylic acids is 1. The number of pyridine rings is 1. The molecule has 0 atom stereocenters. The number of rotatable bonds is 11. The maximum atomic E-state index is 12.3. The first-order chi connectivity index (χ1) is 15.5. The van der Waals surface area contributed by atoms with Crippen LogP contribution in [0.2, 0.25) is 0 Å². The number of carboxylic acid groups (broad SMARTS) is 1. The standard InChI is InChI=1S/C25H26N2O4S/c28-25(29)11-5-4-10-24(22-7-6-17-26-19-22)21-14-12-20(13-15-21)16-18-27-32(30,31)23-8-2-1-3-9-23/h1-3,6-10,12-15,17,19,27H,4-5,11,16,18H2,(H,28,29)/b24-10+. The van der Waals surface area contributed by atoms with Crippen molar-refractivity contribution in [1.29, 1.82) is 0 Å². The van der Waals surface area contributed by atoms with Gasteiger partial charge in [0, 0.05) is 30.9 Å². The van der Waals surface area contributed by atoms with E-state index in [2.05, 4.69) is 9.71 Å². The van der Waals surface area contributed by atoms with Crippen LogP contribution in [0.15, 0.2) is 90.1 Å². The fourth-order valence-corrected chi connectivity index (χ4v) is 4.34. The zero-order valence-electron chi connectivity index (χ0n) is 17.6. The molecule has 7 heteroatoms. The summed E-state index contributed by atoms with van der Waals surface area (Å²) in [6, 6.07) is 20.1. The summed E-state index contributed by atoms with van der Waals surface area (Å²) in [6.45, 7) is 0.303. The summed E-state index contributed by atoms with van der Waals surface area (Å²) in [5, 5.41) is 8.86. The molecule has 0 bridgehead atoms. The summed E-state index contributed by atoms with van der Waals surface area (Å²) in [5.74, 6) is -0.798. The van der Waals surface area contributed by atoms with E-state index in [1.165, 1.54) is 0 Å². The Morgan fingerprint density at radius 2 is 1.72 bits per heavy atom. The molecule has 0 radical (unpaired) electrons. The number of nitrogens with one attached hydrogen (secondary N) is 1. The van der Waals surface area contributed by atoms with Crippen LogP contribution in [0.4, 0.5) is 0 Å². The van der Waals surface area contributed by atoms with Gasteiger partial charge in [-0.1, -0.05) is 54.6 Å². The number of aliphatic carboxylic acids is 1. The Labute approximate surface area is 188 Å². The van der Waals surface area contributed by atoms with Crippen molar-refractivity contribution >= 4 is 21.6 Å². The summed E-state index contributed by atoms with van der Waals surface area (Å²) in [4.78, 5) is 15.2. The first-order valence-corrected chi connectivity index (χ1v) is 11.9. The summed E-state index contributed by atoms with van der Waals surface area (Å²) < 4.78 is 27.3. The van der Waals surface area contributed by atoms with Crippen LogP contribution in [0.25, 0.3) is 5.57 Å². The molecule has 3 aromatic rings. The van der Waals surface area contributed by atoms with Gasteiger partial charge in [0.2, 0.25) is 10.0 Å². The van der Waals surface area contributed by atoms with Gasteiger partial charge in [-0.25, -0.2) is 13.1 Å². The molecule has 1 aromatic heterocycles. The van der Waals surface area contributed by atoms with Crippen LogP contribution < -0.4 is 4.72 Å². The highest BCUT2D eigenvalue weighted by molar-refractivity contribution is 7.89. The van der Waals surface area contributed by atoms with Crippen molar-refractivity contribution in [2.75, 3.05) is 6.54 Å². The zero-order chi connectivity index (χ0) is 22.8. The lowest BCUT2D eigenvalue weighted by Crippen LogP contribution is -2.25. The fraction of sp³-hybridized carbons (Fsp3) is 0.200. The van der Waals surface area contributed by atoms with Crippen LogP contribution in [-0.4, -0.2) is 31.0 Å². The highest BCUT2D eigenvalue weighted by Crippen LogP contribution is 2.24. The van der Waals surface area contributed by atoms with Crippen molar-refractivity contribution in [3.63, 3.8) is 0 Å². The molecule has 0 unspecified atom stereocenters. The molecule has 2 aromatic carbocycles. The van der Waals surface area contributed by atoms with E-state index < -0.39 is 16.0 Å². The van der Waals surface area contributed by atoms with Crippen LogP contribution in [0.5, 0.6) is 0 Å². The van der Waals surface area contributed by atoms with Crippen molar-refractivity contribution in [1.82, 2.24) is 9.71 Å². The quantitative estimate of drug-likeness (QED) is 0.425. The Kier molecular flexibility index (Phi) is 8.30. The van der Waals surface area contributed by atoms with E-state index in [-0.39, 0.29) is 11.3 Å². The van der Waals surface area contributed by atoms with Gasteiger partial charge < -0.3 is 5.11 Å². The monoisotopic (exact) mass is 450 g/mol. The van der Waals surface area contributed by atoms with Crippen LogP contribution in [0, 0.1) is 0 Å².